The van der Waals surface area contributed by atoms with Crippen LogP contribution in [0.25, 0.3) is 0 Å². The Hall–Kier alpha value is -1.46. The lowest BCUT2D eigenvalue weighted by Crippen LogP contribution is -2.33. The van der Waals surface area contributed by atoms with Gasteiger partial charge < -0.3 is 10.4 Å². The van der Waals surface area contributed by atoms with E-state index in [1.54, 1.807) is 12.1 Å². The topological polar surface area (TPSA) is 75.4 Å². The molecule has 86 valence electrons. The molecule has 1 saturated heterocycles. The third kappa shape index (κ3) is 2.37. The van der Waals surface area contributed by atoms with Crippen molar-refractivity contribution in [1.29, 1.82) is 0 Å². The summed E-state index contributed by atoms with van der Waals surface area (Å²) in [6.07, 6.45) is 1.27. The molecule has 0 spiro atoms. The second-order valence-corrected chi connectivity index (χ2v) is 4.25. The highest BCUT2D eigenvalue weighted by Crippen LogP contribution is 2.21. The van der Waals surface area contributed by atoms with Gasteiger partial charge in [0.25, 0.3) is 5.69 Å². The Morgan fingerprint density at radius 2 is 2.12 bits per heavy atom. The van der Waals surface area contributed by atoms with E-state index >= 15 is 0 Å². The molecule has 2 rings (SSSR count). The molecule has 1 fully saturated rings. The molecule has 1 aliphatic rings. The number of nitro groups is 1. The summed E-state index contributed by atoms with van der Waals surface area (Å²) < 4.78 is 0. The molecule has 1 aliphatic heterocycles. The van der Waals surface area contributed by atoms with Crippen LogP contribution >= 0.6 is 0 Å². The highest BCUT2D eigenvalue weighted by Gasteiger charge is 2.30. The van der Waals surface area contributed by atoms with E-state index in [0.29, 0.717) is 13.0 Å². The van der Waals surface area contributed by atoms with Crippen LogP contribution in [0.15, 0.2) is 24.3 Å². The fourth-order valence-electron chi connectivity index (χ4n) is 2.00. The van der Waals surface area contributed by atoms with Crippen LogP contribution in [-0.4, -0.2) is 28.7 Å². The zero-order valence-electron chi connectivity index (χ0n) is 8.85. The second-order valence-electron chi connectivity index (χ2n) is 4.25. The van der Waals surface area contributed by atoms with Crippen LogP contribution in [0.2, 0.25) is 0 Å². The number of non-ortho nitro benzene ring substituents is 1. The lowest BCUT2D eigenvalue weighted by atomic mass is 9.94. The van der Waals surface area contributed by atoms with E-state index in [9.17, 15) is 15.2 Å². The third-order valence-electron chi connectivity index (χ3n) is 2.90. The molecule has 5 nitrogen and oxygen atoms in total. The summed E-state index contributed by atoms with van der Waals surface area (Å²) in [6.45, 7) is 1.41. The van der Waals surface area contributed by atoms with Crippen molar-refractivity contribution in [2.45, 2.75) is 18.4 Å². The molecule has 1 aromatic rings. The quantitative estimate of drug-likeness (QED) is 0.587. The maximum Gasteiger partial charge on any atom is 0.269 e. The molecule has 0 aliphatic carbocycles. The highest BCUT2D eigenvalue weighted by molar-refractivity contribution is 5.33. The number of rotatable bonds is 3. The molecule has 16 heavy (non-hydrogen) atoms. The van der Waals surface area contributed by atoms with Crippen LogP contribution in [0, 0.1) is 10.1 Å². The molecule has 0 radical (unpaired) electrons. The molecule has 0 saturated carbocycles. The van der Waals surface area contributed by atoms with Gasteiger partial charge in [-0.25, -0.2) is 0 Å². The van der Waals surface area contributed by atoms with Crippen molar-refractivity contribution in [3.05, 3.63) is 39.9 Å². The minimum absolute atomic E-state index is 0.0836. The van der Waals surface area contributed by atoms with Crippen LogP contribution in [0.5, 0.6) is 0 Å². The fraction of sp³-hybridized carbons (Fsp3) is 0.455. The minimum atomic E-state index is -0.698. The number of nitrogens with one attached hydrogen (secondary N) is 1. The lowest BCUT2D eigenvalue weighted by molar-refractivity contribution is -0.384. The van der Waals surface area contributed by atoms with Crippen molar-refractivity contribution in [3.63, 3.8) is 0 Å². The number of hydrogen-bond acceptors (Lipinski definition) is 4. The van der Waals surface area contributed by atoms with Crippen molar-refractivity contribution in [3.8, 4) is 0 Å². The largest absolute Gasteiger partial charge is 0.388 e. The molecule has 0 amide bonds. The van der Waals surface area contributed by atoms with Crippen molar-refractivity contribution in [2.24, 2.45) is 0 Å². The number of aliphatic hydroxyl groups is 1. The van der Waals surface area contributed by atoms with Crippen molar-refractivity contribution < 1.29 is 10.0 Å². The summed E-state index contributed by atoms with van der Waals surface area (Å²) in [7, 11) is 0. The van der Waals surface area contributed by atoms with Crippen LogP contribution in [0.1, 0.15) is 12.0 Å². The van der Waals surface area contributed by atoms with E-state index in [4.69, 9.17) is 0 Å². The summed E-state index contributed by atoms with van der Waals surface area (Å²) in [5, 5.41) is 23.7. The smallest absolute Gasteiger partial charge is 0.269 e. The standard InChI is InChI=1S/C11H14N2O3/c14-11(5-6-12-8-11)7-9-1-3-10(4-2-9)13(15)16/h1-4,12,14H,5-8H2. The normalized spacial score (nSPS) is 24.6. The molecule has 1 unspecified atom stereocenters. The monoisotopic (exact) mass is 222 g/mol. The molecule has 0 bridgehead atoms. The summed E-state index contributed by atoms with van der Waals surface area (Å²) >= 11 is 0. The minimum Gasteiger partial charge on any atom is -0.388 e. The zero-order chi connectivity index (χ0) is 11.6. The van der Waals surface area contributed by atoms with Crippen LogP contribution in [0.4, 0.5) is 5.69 Å². The Morgan fingerprint density at radius 3 is 2.62 bits per heavy atom. The van der Waals surface area contributed by atoms with Gasteiger partial charge in [0.1, 0.15) is 0 Å². The molecular weight excluding hydrogens is 208 g/mol. The number of nitro benzene ring substituents is 1. The number of nitrogens with zero attached hydrogens (tertiary/aromatic N) is 1. The van der Waals surface area contributed by atoms with Gasteiger partial charge in [0.05, 0.1) is 10.5 Å². The van der Waals surface area contributed by atoms with E-state index in [1.165, 1.54) is 12.1 Å². The average molecular weight is 222 g/mol. The van der Waals surface area contributed by atoms with Gasteiger partial charge in [-0.05, 0) is 18.5 Å². The van der Waals surface area contributed by atoms with Crippen molar-refractivity contribution in [2.75, 3.05) is 13.1 Å². The zero-order valence-corrected chi connectivity index (χ0v) is 8.85. The van der Waals surface area contributed by atoms with Gasteiger partial charge in [0.15, 0.2) is 0 Å². The SMILES string of the molecule is O=[N+]([O-])c1ccc(CC2(O)CCNC2)cc1. The second kappa shape index (κ2) is 4.19. The number of benzene rings is 1. The Labute approximate surface area is 93.2 Å². The van der Waals surface area contributed by atoms with E-state index in [-0.39, 0.29) is 5.69 Å². The molecule has 1 heterocycles. The Kier molecular flexibility index (Phi) is 2.89. The first-order valence-electron chi connectivity index (χ1n) is 5.26. The van der Waals surface area contributed by atoms with E-state index in [1.807, 2.05) is 0 Å². The summed E-state index contributed by atoms with van der Waals surface area (Å²) in [5.74, 6) is 0. The van der Waals surface area contributed by atoms with Gasteiger partial charge in [0.2, 0.25) is 0 Å². The van der Waals surface area contributed by atoms with Gasteiger partial charge in [0, 0.05) is 25.1 Å². The number of hydrogen-bond donors (Lipinski definition) is 2. The highest BCUT2D eigenvalue weighted by atomic mass is 16.6. The molecule has 5 heteroatoms. The van der Waals surface area contributed by atoms with Gasteiger partial charge in [-0.15, -0.1) is 0 Å². The predicted molar refractivity (Wildman–Crippen MR) is 59.2 cm³/mol. The molecule has 1 aromatic carbocycles. The fourth-order valence-corrected chi connectivity index (χ4v) is 2.00. The first kappa shape index (κ1) is 11.0. The summed E-state index contributed by atoms with van der Waals surface area (Å²) in [4.78, 5) is 10.0. The maximum atomic E-state index is 10.5. The third-order valence-corrected chi connectivity index (χ3v) is 2.90. The predicted octanol–water partition coefficient (Wildman–Crippen LogP) is 0.862. The van der Waals surface area contributed by atoms with E-state index in [0.717, 1.165) is 18.5 Å². The van der Waals surface area contributed by atoms with Gasteiger partial charge in [-0.2, -0.15) is 0 Å². The van der Waals surface area contributed by atoms with Gasteiger partial charge in [-0.3, -0.25) is 10.1 Å². The Balaban J connectivity index is 2.07. The van der Waals surface area contributed by atoms with Crippen LogP contribution < -0.4 is 5.32 Å². The summed E-state index contributed by atoms with van der Waals surface area (Å²) in [6, 6.07) is 6.35. The molecule has 0 aromatic heterocycles. The Bertz CT molecular complexity index is 383. The van der Waals surface area contributed by atoms with Crippen LogP contribution in [-0.2, 0) is 6.42 Å². The molecule has 2 N–H and O–H groups in total. The Morgan fingerprint density at radius 1 is 1.44 bits per heavy atom. The van der Waals surface area contributed by atoms with Gasteiger partial charge in [-0.1, -0.05) is 12.1 Å². The van der Waals surface area contributed by atoms with E-state index < -0.39 is 10.5 Å². The number of β-amino-alcohol motifs (C(OH)–C–C–N with tert-alkyl or cyclic N) is 1. The maximum absolute atomic E-state index is 10.5. The van der Waals surface area contributed by atoms with Crippen molar-refractivity contribution >= 4 is 5.69 Å². The first-order chi connectivity index (χ1) is 7.59. The molecular formula is C11H14N2O3. The average Bonchev–Trinajstić information content (AvgIpc) is 2.65. The summed E-state index contributed by atoms with van der Waals surface area (Å²) in [5.41, 5.74) is 0.313. The van der Waals surface area contributed by atoms with Gasteiger partial charge >= 0.3 is 0 Å². The first-order valence-corrected chi connectivity index (χ1v) is 5.26. The molecule has 1 atom stereocenters. The lowest BCUT2D eigenvalue weighted by Gasteiger charge is -2.20. The van der Waals surface area contributed by atoms with Crippen LogP contribution in [0.3, 0.4) is 0 Å². The van der Waals surface area contributed by atoms with Crippen molar-refractivity contribution in [1.82, 2.24) is 5.32 Å². The van der Waals surface area contributed by atoms with E-state index in [2.05, 4.69) is 5.32 Å².